The lowest BCUT2D eigenvalue weighted by atomic mass is 10.1. The highest BCUT2D eigenvalue weighted by Gasteiger charge is 1.87. The standard InChI is InChI=1S/C8H15/c1-4-5-6-7-8(2)3/h5,8H,6-7H2,1-3H3. The quantitative estimate of drug-likeness (QED) is 0.525. The maximum absolute atomic E-state index is 3.00. The molecule has 0 spiro atoms. The third-order valence-electron chi connectivity index (χ3n) is 1.09. The predicted octanol–water partition coefficient (Wildman–Crippen LogP) is 2.80. The maximum atomic E-state index is 3.00. The fraction of sp³-hybridized carbons (Fsp3) is 0.750. The first-order valence-corrected chi connectivity index (χ1v) is 3.26. The highest BCUT2D eigenvalue weighted by Crippen LogP contribution is 2.02. The summed E-state index contributed by atoms with van der Waals surface area (Å²) in [6.07, 6.45) is 7.58. The molecular formula is C8H15. The minimum absolute atomic E-state index is 0.833. The summed E-state index contributed by atoms with van der Waals surface area (Å²) < 4.78 is 0. The lowest BCUT2D eigenvalue weighted by Crippen LogP contribution is -1.83. The van der Waals surface area contributed by atoms with Crippen LogP contribution in [0.5, 0.6) is 0 Å². The van der Waals surface area contributed by atoms with Crippen molar-refractivity contribution in [2.75, 3.05) is 0 Å². The lowest BCUT2D eigenvalue weighted by Gasteiger charge is -1.97. The Morgan fingerprint density at radius 2 is 2.12 bits per heavy atom. The zero-order chi connectivity index (χ0) is 6.41. The van der Waals surface area contributed by atoms with Crippen LogP contribution in [-0.4, -0.2) is 0 Å². The van der Waals surface area contributed by atoms with Gasteiger partial charge in [-0.25, -0.2) is 0 Å². The minimum atomic E-state index is 0.833. The fourth-order valence-electron chi connectivity index (χ4n) is 0.561. The zero-order valence-electron chi connectivity index (χ0n) is 6.07. The van der Waals surface area contributed by atoms with Gasteiger partial charge < -0.3 is 0 Å². The molecule has 0 fully saturated rings. The van der Waals surface area contributed by atoms with E-state index in [1.807, 2.05) is 6.92 Å². The fourth-order valence-corrected chi connectivity index (χ4v) is 0.561. The van der Waals surface area contributed by atoms with Crippen LogP contribution in [0.2, 0.25) is 0 Å². The molecule has 0 nitrogen and oxygen atoms in total. The molecule has 0 unspecified atom stereocenters. The molecule has 47 valence electrons. The Bertz CT molecular complexity index is 60.4. The molecule has 0 amide bonds. The van der Waals surface area contributed by atoms with Crippen LogP contribution in [0.25, 0.3) is 0 Å². The van der Waals surface area contributed by atoms with Crippen LogP contribution in [0.3, 0.4) is 0 Å². The lowest BCUT2D eigenvalue weighted by molar-refractivity contribution is 0.594. The Morgan fingerprint density at radius 1 is 1.50 bits per heavy atom. The summed E-state index contributed by atoms with van der Waals surface area (Å²) in [7, 11) is 0. The van der Waals surface area contributed by atoms with Crippen LogP contribution in [-0.2, 0) is 0 Å². The van der Waals surface area contributed by atoms with Gasteiger partial charge in [0, 0.05) is 0 Å². The van der Waals surface area contributed by atoms with Crippen molar-refractivity contribution in [3.8, 4) is 0 Å². The van der Waals surface area contributed by atoms with Gasteiger partial charge in [-0.3, -0.25) is 0 Å². The van der Waals surface area contributed by atoms with E-state index in [-0.39, 0.29) is 0 Å². The molecule has 0 bridgehead atoms. The second-order valence-corrected chi connectivity index (χ2v) is 2.46. The first-order chi connectivity index (χ1) is 3.77. The molecule has 0 aromatic carbocycles. The Hall–Kier alpha value is -0.260. The molecule has 0 atom stereocenters. The van der Waals surface area contributed by atoms with Crippen molar-refractivity contribution in [3.05, 3.63) is 12.2 Å². The van der Waals surface area contributed by atoms with Crippen LogP contribution in [0.4, 0.5) is 0 Å². The van der Waals surface area contributed by atoms with Crippen LogP contribution >= 0.6 is 0 Å². The molecule has 0 saturated heterocycles. The van der Waals surface area contributed by atoms with E-state index >= 15 is 0 Å². The van der Waals surface area contributed by atoms with E-state index in [0.29, 0.717) is 0 Å². The van der Waals surface area contributed by atoms with E-state index in [1.54, 1.807) is 0 Å². The molecule has 0 aliphatic rings. The minimum Gasteiger partial charge on any atom is -0.0813 e. The van der Waals surface area contributed by atoms with Gasteiger partial charge in [0.05, 0.1) is 0 Å². The van der Waals surface area contributed by atoms with Gasteiger partial charge in [-0.2, -0.15) is 0 Å². The van der Waals surface area contributed by atoms with Gasteiger partial charge in [-0.1, -0.05) is 26.0 Å². The maximum Gasteiger partial charge on any atom is -0.0342 e. The largest absolute Gasteiger partial charge is 0.0813 e. The summed E-state index contributed by atoms with van der Waals surface area (Å²) in [6, 6.07) is 0. The van der Waals surface area contributed by atoms with Crippen LogP contribution in [0.1, 0.15) is 33.6 Å². The summed E-state index contributed by atoms with van der Waals surface area (Å²) in [5.41, 5.74) is 0. The normalized spacial score (nSPS) is 11.5. The highest BCUT2D eigenvalue weighted by atomic mass is 13.9. The molecule has 0 aliphatic carbocycles. The van der Waals surface area contributed by atoms with Gasteiger partial charge in [-0.15, -0.1) is 0 Å². The van der Waals surface area contributed by atoms with Gasteiger partial charge in [0.25, 0.3) is 0 Å². The molecule has 0 saturated carbocycles. The Kier molecular flexibility index (Phi) is 4.73. The first-order valence-electron chi connectivity index (χ1n) is 3.26. The molecule has 0 heteroatoms. The Morgan fingerprint density at radius 3 is 2.50 bits per heavy atom. The molecule has 8 heavy (non-hydrogen) atoms. The second kappa shape index (κ2) is 4.89. The van der Waals surface area contributed by atoms with Gasteiger partial charge in [0.2, 0.25) is 0 Å². The van der Waals surface area contributed by atoms with Crippen molar-refractivity contribution >= 4 is 0 Å². The second-order valence-electron chi connectivity index (χ2n) is 2.46. The monoisotopic (exact) mass is 111 g/mol. The zero-order valence-corrected chi connectivity index (χ0v) is 6.07. The number of rotatable bonds is 3. The predicted molar refractivity (Wildman–Crippen MR) is 37.6 cm³/mol. The molecular weight excluding hydrogens is 96.1 g/mol. The summed E-state index contributed by atoms with van der Waals surface area (Å²) in [5, 5.41) is 0. The van der Waals surface area contributed by atoms with Gasteiger partial charge in [-0.05, 0) is 25.7 Å². The summed E-state index contributed by atoms with van der Waals surface area (Å²) >= 11 is 0. The average molecular weight is 111 g/mol. The van der Waals surface area contributed by atoms with E-state index in [9.17, 15) is 0 Å². The molecule has 0 aromatic rings. The summed E-state index contributed by atoms with van der Waals surface area (Å²) in [6.45, 7) is 6.42. The van der Waals surface area contributed by atoms with Gasteiger partial charge in [0.1, 0.15) is 0 Å². The average Bonchev–Trinajstić information content (AvgIpc) is 1.66. The van der Waals surface area contributed by atoms with E-state index in [0.717, 1.165) is 5.92 Å². The molecule has 0 rings (SSSR count). The van der Waals surface area contributed by atoms with Crippen molar-refractivity contribution in [2.45, 2.75) is 33.6 Å². The summed E-state index contributed by atoms with van der Waals surface area (Å²) in [5.74, 6) is 0.833. The van der Waals surface area contributed by atoms with E-state index < -0.39 is 0 Å². The SMILES string of the molecule is C/[C]=C\CCC(C)C. The third-order valence-corrected chi connectivity index (χ3v) is 1.09. The number of hydrogen-bond acceptors (Lipinski definition) is 0. The van der Waals surface area contributed by atoms with E-state index in [2.05, 4.69) is 26.0 Å². The van der Waals surface area contributed by atoms with Gasteiger partial charge in [0.15, 0.2) is 0 Å². The number of allylic oxidation sites excluding steroid dienone is 2. The highest BCUT2D eigenvalue weighted by molar-refractivity contribution is 4.69. The topological polar surface area (TPSA) is 0 Å². The molecule has 0 N–H and O–H groups in total. The Balaban J connectivity index is 2.93. The van der Waals surface area contributed by atoms with Crippen molar-refractivity contribution in [1.82, 2.24) is 0 Å². The molecule has 0 heterocycles. The number of hydrogen-bond donors (Lipinski definition) is 0. The molecule has 0 aliphatic heterocycles. The van der Waals surface area contributed by atoms with Crippen molar-refractivity contribution < 1.29 is 0 Å². The van der Waals surface area contributed by atoms with Gasteiger partial charge >= 0.3 is 0 Å². The van der Waals surface area contributed by atoms with Crippen molar-refractivity contribution in [1.29, 1.82) is 0 Å². The van der Waals surface area contributed by atoms with Crippen molar-refractivity contribution in [2.24, 2.45) is 5.92 Å². The van der Waals surface area contributed by atoms with Crippen LogP contribution < -0.4 is 0 Å². The van der Waals surface area contributed by atoms with Crippen LogP contribution in [0.15, 0.2) is 6.08 Å². The molecule has 0 aromatic heterocycles. The van der Waals surface area contributed by atoms with Crippen LogP contribution in [0, 0.1) is 12.0 Å². The smallest absolute Gasteiger partial charge is 0.0342 e. The van der Waals surface area contributed by atoms with E-state index in [1.165, 1.54) is 12.8 Å². The summed E-state index contributed by atoms with van der Waals surface area (Å²) in [4.78, 5) is 0. The third kappa shape index (κ3) is 5.74. The Labute approximate surface area is 52.6 Å². The molecule has 1 radical (unpaired) electrons. The van der Waals surface area contributed by atoms with Crippen molar-refractivity contribution in [3.63, 3.8) is 0 Å². The first kappa shape index (κ1) is 7.74. The van der Waals surface area contributed by atoms with E-state index in [4.69, 9.17) is 0 Å².